The van der Waals surface area contributed by atoms with E-state index in [-0.39, 0.29) is 34.5 Å². The van der Waals surface area contributed by atoms with Gasteiger partial charge in [0.15, 0.2) is 0 Å². The smallest absolute Gasteiger partial charge is 0.341 e. The lowest BCUT2D eigenvalue weighted by Gasteiger charge is -2.16. The molecule has 0 saturated heterocycles. The number of anilines is 1. The van der Waals surface area contributed by atoms with E-state index < -0.39 is 11.9 Å². The Morgan fingerprint density at radius 3 is 2.59 bits per heavy atom. The number of likely N-dealkylation sites (N-methyl/N-ethyl adjacent to an activating group) is 1. The number of nitrogens with one attached hydrogen (secondary N) is 1. The number of primary amides is 1. The third kappa shape index (κ3) is 4.84. The normalized spacial score (nSPS) is 11.2. The average Bonchev–Trinajstić information content (AvgIpc) is 3.25. The quantitative estimate of drug-likeness (QED) is 0.473. The van der Waals surface area contributed by atoms with Crippen molar-refractivity contribution in [1.82, 2.24) is 4.90 Å². The number of amides is 2. The zero-order valence-electron chi connectivity index (χ0n) is 18.6. The molecule has 32 heavy (non-hydrogen) atoms. The number of hydrogen-bond donors (Lipinski definition) is 2. The maximum absolute atomic E-state index is 12.8. The summed E-state index contributed by atoms with van der Waals surface area (Å²) >= 11 is 0.976. The van der Waals surface area contributed by atoms with Gasteiger partial charge >= 0.3 is 5.97 Å². The summed E-state index contributed by atoms with van der Waals surface area (Å²) in [4.78, 5) is 39.0. The Labute approximate surface area is 190 Å². The Morgan fingerprint density at radius 2 is 1.94 bits per heavy atom. The molecule has 0 bridgehead atoms. The number of aryl methyl sites for hydroxylation is 1. The molecule has 0 spiro atoms. The van der Waals surface area contributed by atoms with Gasteiger partial charge < -0.3 is 20.2 Å². The topological polar surface area (TPSA) is 115 Å². The standard InChI is InChI=1S/C23H27N3O5S/c1-5-16-15(14-9-7-8-10-17(14)31-16)11-26(4)12-18(27)25-22-19(23(29)30-6-2)13(3)20(32-22)21(24)28/h7-10H,5-6,11-12H2,1-4H3,(H2,24,28)(H,25,27). The van der Waals surface area contributed by atoms with Crippen molar-refractivity contribution in [3.63, 3.8) is 0 Å². The summed E-state index contributed by atoms with van der Waals surface area (Å²) in [6.45, 7) is 6.10. The number of benzene rings is 1. The molecule has 3 rings (SSSR count). The third-order valence-electron chi connectivity index (χ3n) is 5.05. The molecule has 0 aliphatic heterocycles. The van der Waals surface area contributed by atoms with E-state index in [9.17, 15) is 14.4 Å². The van der Waals surface area contributed by atoms with Crippen LogP contribution in [0.25, 0.3) is 11.0 Å². The van der Waals surface area contributed by atoms with E-state index in [1.54, 1.807) is 13.8 Å². The molecule has 0 aliphatic rings. The number of fused-ring (bicyclic) bond motifs is 1. The Bertz CT molecular complexity index is 1160. The molecule has 2 heterocycles. The molecule has 0 fully saturated rings. The number of thiophene rings is 1. The largest absolute Gasteiger partial charge is 0.462 e. The number of hydrogen-bond acceptors (Lipinski definition) is 7. The van der Waals surface area contributed by atoms with Crippen LogP contribution in [0.5, 0.6) is 0 Å². The molecule has 0 atom stereocenters. The fraction of sp³-hybridized carbons (Fsp3) is 0.348. The number of ether oxygens (including phenoxy) is 1. The molecule has 0 saturated carbocycles. The van der Waals surface area contributed by atoms with Gasteiger partial charge in [0.25, 0.3) is 5.91 Å². The number of furan rings is 1. The number of rotatable bonds is 9. The predicted octanol–water partition coefficient (Wildman–Crippen LogP) is 3.71. The fourth-order valence-electron chi connectivity index (χ4n) is 3.63. The van der Waals surface area contributed by atoms with Gasteiger partial charge in [-0.05, 0) is 32.5 Å². The summed E-state index contributed by atoms with van der Waals surface area (Å²) in [5, 5.41) is 4.04. The highest BCUT2D eigenvalue weighted by Gasteiger charge is 2.26. The van der Waals surface area contributed by atoms with E-state index in [1.165, 1.54) is 0 Å². The minimum absolute atomic E-state index is 0.0772. The Morgan fingerprint density at radius 1 is 1.22 bits per heavy atom. The van der Waals surface area contributed by atoms with Crippen molar-refractivity contribution in [2.45, 2.75) is 33.7 Å². The van der Waals surface area contributed by atoms with Crippen molar-refractivity contribution >= 4 is 45.1 Å². The van der Waals surface area contributed by atoms with Crippen LogP contribution >= 0.6 is 11.3 Å². The highest BCUT2D eigenvalue weighted by molar-refractivity contribution is 7.18. The van der Waals surface area contributed by atoms with E-state index in [0.717, 1.165) is 40.1 Å². The van der Waals surface area contributed by atoms with E-state index in [0.29, 0.717) is 12.1 Å². The molecular formula is C23H27N3O5S. The molecular weight excluding hydrogens is 430 g/mol. The van der Waals surface area contributed by atoms with Crippen LogP contribution in [0.1, 0.15) is 50.8 Å². The van der Waals surface area contributed by atoms with Crippen LogP contribution in [0, 0.1) is 6.92 Å². The van der Waals surface area contributed by atoms with Gasteiger partial charge in [-0.15, -0.1) is 11.3 Å². The van der Waals surface area contributed by atoms with Gasteiger partial charge in [0, 0.05) is 23.9 Å². The van der Waals surface area contributed by atoms with E-state index in [4.69, 9.17) is 14.9 Å². The molecule has 2 aromatic heterocycles. The summed E-state index contributed by atoms with van der Waals surface area (Å²) in [6, 6.07) is 7.82. The summed E-state index contributed by atoms with van der Waals surface area (Å²) in [5.74, 6) is -0.686. The summed E-state index contributed by atoms with van der Waals surface area (Å²) in [6.07, 6.45) is 0.747. The molecule has 9 heteroatoms. The highest BCUT2D eigenvalue weighted by atomic mass is 32.1. The monoisotopic (exact) mass is 457 g/mol. The lowest BCUT2D eigenvalue weighted by molar-refractivity contribution is -0.117. The van der Waals surface area contributed by atoms with Crippen LogP contribution in [0.4, 0.5) is 5.00 Å². The van der Waals surface area contributed by atoms with Crippen LogP contribution in [-0.4, -0.2) is 42.9 Å². The van der Waals surface area contributed by atoms with Crippen molar-refractivity contribution in [2.75, 3.05) is 25.5 Å². The van der Waals surface area contributed by atoms with Crippen LogP contribution in [0.2, 0.25) is 0 Å². The Kier molecular flexibility index (Phi) is 7.32. The van der Waals surface area contributed by atoms with Crippen LogP contribution in [-0.2, 0) is 22.5 Å². The number of carbonyl (C=O) groups is 3. The Balaban J connectivity index is 1.77. The summed E-state index contributed by atoms with van der Waals surface area (Å²) in [7, 11) is 1.83. The second-order valence-corrected chi connectivity index (χ2v) is 8.44. The van der Waals surface area contributed by atoms with Gasteiger partial charge in [0.2, 0.25) is 5.91 Å². The minimum atomic E-state index is -0.658. The van der Waals surface area contributed by atoms with Crippen LogP contribution in [0.15, 0.2) is 28.7 Å². The van der Waals surface area contributed by atoms with E-state index >= 15 is 0 Å². The zero-order valence-corrected chi connectivity index (χ0v) is 19.4. The van der Waals surface area contributed by atoms with Crippen LogP contribution < -0.4 is 11.1 Å². The number of esters is 1. The molecule has 2 amide bonds. The number of carbonyl (C=O) groups excluding carboxylic acids is 3. The molecule has 0 radical (unpaired) electrons. The summed E-state index contributed by atoms with van der Waals surface area (Å²) in [5.41, 5.74) is 7.86. The van der Waals surface area contributed by atoms with E-state index in [2.05, 4.69) is 5.32 Å². The number of nitrogens with two attached hydrogens (primary N) is 1. The lowest BCUT2D eigenvalue weighted by Crippen LogP contribution is -2.30. The first-order valence-electron chi connectivity index (χ1n) is 10.3. The van der Waals surface area contributed by atoms with Crippen molar-refractivity contribution < 1.29 is 23.5 Å². The Hall–Kier alpha value is -3.17. The average molecular weight is 458 g/mol. The maximum atomic E-state index is 12.8. The molecule has 1 aromatic carbocycles. The van der Waals surface area contributed by atoms with Gasteiger partial charge in [0.05, 0.1) is 23.6 Å². The maximum Gasteiger partial charge on any atom is 0.341 e. The zero-order chi connectivity index (χ0) is 23.4. The van der Waals surface area contributed by atoms with Gasteiger partial charge in [-0.25, -0.2) is 4.79 Å². The molecule has 3 aromatic rings. The first-order chi connectivity index (χ1) is 15.3. The van der Waals surface area contributed by atoms with E-state index in [1.807, 2.05) is 43.1 Å². The van der Waals surface area contributed by atoms with Crippen molar-refractivity contribution in [3.05, 3.63) is 51.6 Å². The van der Waals surface area contributed by atoms with Gasteiger partial charge in [-0.2, -0.15) is 0 Å². The molecule has 3 N–H and O–H groups in total. The van der Waals surface area contributed by atoms with Crippen molar-refractivity contribution in [2.24, 2.45) is 5.73 Å². The van der Waals surface area contributed by atoms with Crippen molar-refractivity contribution in [1.29, 1.82) is 0 Å². The van der Waals surface area contributed by atoms with Crippen molar-refractivity contribution in [3.8, 4) is 0 Å². The lowest BCUT2D eigenvalue weighted by atomic mass is 10.1. The second kappa shape index (κ2) is 9.97. The first kappa shape index (κ1) is 23.5. The van der Waals surface area contributed by atoms with Gasteiger partial charge in [-0.1, -0.05) is 25.1 Å². The molecule has 8 nitrogen and oxygen atoms in total. The first-order valence-corrected chi connectivity index (χ1v) is 11.2. The van der Waals surface area contributed by atoms with Gasteiger partial charge in [-0.3, -0.25) is 14.5 Å². The second-order valence-electron chi connectivity index (χ2n) is 7.42. The fourth-order valence-corrected chi connectivity index (χ4v) is 4.69. The molecule has 170 valence electrons. The minimum Gasteiger partial charge on any atom is -0.462 e. The highest BCUT2D eigenvalue weighted by Crippen LogP contribution is 2.33. The molecule has 0 unspecified atom stereocenters. The molecule has 0 aliphatic carbocycles. The third-order valence-corrected chi connectivity index (χ3v) is 6.27. The predicted molar refractivity (Wildman–Crippen MR) is 124 cm³/mol. The van der Waals surface area contributed by atoms with Crippen LogP contribution in [0.3, 0.4) is 0 Å². The summed E-state index contributed by atoms with van der Waals surface area (Å²) < 4.78 is 11.0. The number of para-hydroxylation sites is 1. The van der Waals surface area contributed by atoms with Gasteiger partial charge in [0.1, 0.15) is 16.3 Å². The SMILES string of the molecule is CCOC(=O)c1c(NC(=O)CN(C)Cc2c(CC)oc3ccccc23)sc(C(N)=O)c1C. The number of nitrogens with zero attached hydrogens (tertiary/aromatic N) is 1.